The van der Waals surface area contributed by atoms with Crippen LogP contribution in [-0.4, -0.2) is 70.6 Å². The molecule has 1 aliphatic heterocycles. The van der Waals surface area contributed by atoms with Gasteiger partial charge in [-0.25, -0.2) is 4.68 Å². The fourth-order valence-corrected chi connectivity index (χ4v) is 6.15. The standard InChI is InChI=1S/C29H50N4O5/c1-8-22-15-20(16-23(27(35)36)29(22,5)6)26-21(19-33(31-26)24-11-9-10-14-37-24)18-32(7)13-12-30-17-25(34)38-28(2,3)4/h19-20,22-24,30H,8-18H2,1-7H3,(H,35,36). The highest BCUT2D eigenvalue weighted by Gasteiger charge is 2.47. The van der Waals surface area contributed by atoms with E-state index >= 15 is 0 Å². The highest BCUT2D eigenvalue weighted by Crippen LogP contribution is 2.52. The van der Waals surface area contributed by atoms with Crippen LogP contribution in [0.5, 0.6) is 0 Å². The maximum absolute atomic E-state index is 12.3. The van der Waals surface area contributed by atoms with Gasteiger partial charge in [-0.05, 0) is 71.3 Å². The van der Waals surface area contributed by atoms with Crippen LogP contribution in [0, 0.1) is 17.3 Å². The molecule has 1 saturated heterocycles. The van der Waals surface area contributed by atoms with E-state index in [1.165, 1.54) is 0 Å². The van der Waals surface area contributed by atoms with Gasteiger partial charge < -0.3 is 24.8 Å². The van der Waals surface area contributed by atoms with E-state index in [9.17, 15) is 14.7 Å². The molecule has 3 rings (SSSR count). The number of aromatic nitrogens is 2. The average Bonchev–Trinajstić information content (AvgIpc) is 3.24. The van der Waals surface area contributed by atoms with E-state index in [0.717, 1.165) is 56.5 Å². The summed E-state index contributed by atoms with van der Waals surface area (Å²) in [5.41, 5.74) is 1.42. The van der Waals surface area contributed by atoms with Gasteiger partial charge in [0.2, 0.25) is 0 Å². The summed E-state index contributed by atoms with van der Waals surface area (Å²) in [4.78, 5) is 26.5. The molecule has 1 aromatic rings. The molecule has 0 spiro atoms. The molecule has 9 nitrogen and oxygen atoms in total. The second-order valence-electron chi connectivity index (χ2n) is 12.8. The summed E-state index contributed by atoms with van der Waals surface area (Å²) in [6, 6.07) is 0. The van der Waals surface area contributed by atoms with Gasteiger partial charge in [0.1, 0.15) is 11.8 Å². The highest BCUT2D eigenvalue weighted by atomic mass is 16.6. The maximum atomic E-state index is 12.3. The summed E-state index contributed by atoms with van der Waals surface area (Å²) in [6.07, 6.45) is 7.71. The minimum Gasteiger partial charge on any atom is -0.481 e. The molecule has 4 unspecified atom stereocenters. The lowest BCUT2D eigenvalue weighted by atomic mass is 9.58. The maximum Gasteiger partial charge on any atom is 0.320 e. The number of likely N-dealkylation sites (N-methyl/N-ethyl adjacent to an activating group) is 1. The summed E-state index contributed by atoms with van der Waals surface area (Å²) in [6.45, 7) is 15.0. The number of nitrogens with one attached hydrogen (secondary N) is 1. The zero-order valence-electron chi connectivity index (χ0n) is 24.6. The zero-order chi connectivity index (χ0) is 28.1. The number of aliphatic carboxylic acids is 1. The number of carbonyl (C=O) groups is 2. The van der Waals surface area contributed by atoms with Crippen molar-refractivity contribution in [2.24, 2.45) is 17.3 Å². The SMILES string of the molecule is CCC1CC(c2nn(C3CCCCO3)cc2CN(C)CCNCC(=O)OC(C)(C)C)CC(C(=O)O)C1(C)C. The molecule has 9 heteroatoms. The molecule has 1 aliphatic carbocycles. The monoisotopic (exact) mass is 534 g/mol. The first-order valence-electron chi connectivity index (χ1n) is 14.3. The first kappa shape index (κ1) is 30.6. The lowest BCUT2D eigenvalue weighted by molar-refractivity contribution is -0.153. The number of hydrogen-bond donors (Lipinski definition) is 2. The number of ether oxygens (including phenoxy) is 2. The minimum atomic E-state index is -0.706. The Morgan fingerprint density at radius 2 is 2.03 bits per heavy atom. The molecule has 0 radical (unpaired) electrons. The Hall–Kier alpha value is -1.97. The van der Waals surface area contributed by atoms with Gasteiger partial charge in [-0.3, -0.25) is 9.59 Å². The number of carboxylic acids is 1. The Morgan fingerprint density at radius 3 is 2.63 bits per heavy atom. The molecule has 0 amide bonds. The molecule has 4 atom stereocenters. The Balaban J connectivity index is 1.73. The molecule has 0 aromatic carbocycles. The van der Waals surface area contributed by atoms with Crippen LogP contribution in [0.2, 0.25) is 0 Å². The molecule has 1 aromatic heterocycles. The predicted molar refractivity (Wildman–Crippen MR) is 147 cm³/mol. The van der Waals surface area contributed by atoms with Crippen LogP contribution in [0.3, 0.4) is 0 Å². The predicted octanol–water partition coefficient (Wildman–Crippen LogP) is 4.58. The molecule has 2 N–H and O–H groups in total. The van der Waals surface area contributed by atoms with E-state index in [-0.39, 0.29) is 30.1 Å². The van der Waals surface area contributed by atoms with E-state index < -0.39 is 17.5 Å². The Morgan fingerprint density at radius 1 is 1.29 bits per heavy atom. The van der Waals surface area contributed by atoms with Crippen LogP contribution in [0.1, 0.15) is 103 Å². The molecule has 216 valence electrons. The minimum absolute atomic E-state index is 0.0608. The second kappa shape index (κ2) is 12.9. The summed E-state index contributed by atoms with van der Waals surface area (Å²) in [5.74, 6) is -0.934. The van der Waals surface area contributed by atoms with E-state index in [1.54, 1.807) is 0 Å². The fourth-order valence-electron chi connectivity index (χ4n) is 6.15. The number of carbonyl (C=O) groups excluding carboxylic acids is 1. The smallest absolute Gasteiger partial charge is 0.320 e. The third-order valence-electron chi connectivity index (χ3n) is 8.31. The third kappa shape index (κ3) is 8.02. The van der Waals surface area contributed by atoms with Gasteiger partial charge in [0, 0.05) is 43.9 Å². The number of rotatable bonds is 11. The Labute approximate surface area is 228 Å². The lowest BCUT2D eigenvalue weighted by Crippen LogP contribution is -2.43. The van der Waals surface area contributed by atoms with Gasteiger partial charge in [-0.15, -0.1) is 0 Å². The van der Waals surface area contributed by atoms with E-state index in [1.807, 2.05) is 25.5 Å². The summed E-state index contributed by atoms with van der Waals surface area (Å²) < 4.78 is 13.4. The second-order valence-corrected chi connectivity index (χ2v) is 12.8. The van der Waals surface area contributed by atoms with Gasteiger partial charge in [0.05, 0.1) is 18.2 Å². The van der Waals surface area contributed by atoms with Gasteiger partial charge >= 0.3 is 11.9 Å². The number of hydrogen-bond acceptors (Lipinski definition) is 7. The normalized spacial score (nSPS) is 25.9. The Kier molecular flexibility index (Phi) is 10.4. The molecule has 2 aliphatic rings. The van der Waals surface area contributed by atoms with Crippen molar-refractivity contribution in [2.45, 2.75) is 104 Å². The van der Waals surface area contributed by atoms with Crippen molar-refractivity contribution < 1.29 is 24.2 Å². The topological polar surface area (TPSA) is 106 Å². The van der Waals surface area contributed by atoms with Crippen molar-refractivity contribution in [1.29, 1.82) is 0 Å². The average molecular weight is 535 g/mol. The van der Waals surface area contributed by atoms with Crippen LogP contribution in [-0.2, 0) is 25.6 Å². The van der Waals surface area contributed by atoms with Crippen molar-refractivity contribution in [3.05, 3.63) is 17.5 Å². The summed E-state index contributed by atoms with van der Waals surface area (Å²) in [5, 5.41) is 18.4. The van der Waals surface area contributed by atoms with Crippen LogP contribution >= 0.6 is 0 Å². The first-order valence-corrected chi connectivity index (χ1v) is 14.3. The fraction of sp³-hybridized carbons (Fsp3) is 0.828. The van der Waals surface area contributed by atoms with Gasteiger partial charge in [0.15, 0.2) is 0 Å². The van der Waals surface area contributed by atoms with Crippen molar-refractivity contribution >= 4 is 11.9 Å². The van der Waals surface area contributed by atoms with Crippen LogP contribution < -0.4 is 5.32 Å². The first-order chi connectivity index (χ1) is 17.8. The number of carboxylic acid groups (broad SMARTS) is 1. The van der Waals surface area contributed by atoms with Crippen molar-refractivity contribution in [3.63, 3.8) is 0 Å². The van der Waals surface area contributed by atoms with Crippen LogP contribution in [0.4, 0.5) is 0 Å². The van der Waals surface area contributed by atoms with E-state index in [4.69, 9.17) is 14.6 Å². The molecule has 2 fully saturated rings. The molecule has 2 heterocycles. The number of esters is 1. The van der Waals surface area contributed by atoms with Gasteiger partial charge in [-0.2, -0.15) is 5.10 Å². The van der Waals surface area contributed by atoms with E-state index in [0.29, 0.717) is 25.4 Å². The van der Waals surface area contributed by atoms with Gasteiger partial charge in [-0.1, -0.05) is 27.2 Å². The van der Waals surface area contributed by atoms with Crippen molar-refractivity contribution in [2.75, 3.05) is 33.3 Å². The molecule has 38 heavy (non-hydrogen) atoms. The van der Waals surface area contributed by atoms with E-state index in [2.05, 4.69) is 44.2 Å². The molecule has 0 bridgehead atoms. The largest absolute Gasteiger partial charge is 0.481 e. The Bertz CT molecular complexity index is 932. The zero-order valence-corrected chi connectivity index (χ0v) is 24.6. The summed E-state index contributed by atoms with van der Waals surface area (Å²) in [7, 11) is 2.06. The number of nitrogens with zero attached hydrogens (tertiary/aromatic N) is 3. The molecular formula is C29H50N4O5. The lowest BCUT2D eigenvalue weighted by Gasteiger charge is -2.46. The van der Waals surface area contributed by atoms with Gasteiger partial charge in [0.25, 0.3) is 0 Å². The van der Waals surface area contributed by atoms with Crippen LogP contribution in [0.25, 0.3) is 0 Å². The highest BCUT2D eigenvalue weighted by molar-refractivity contribution is 5.72. The quantitative estimate of drug-likeness (QED) is 0.314. The van der Waals surface area contributed by atoms with Crippen molar-refractivity contribution in [3.8, 4) is 0 Å². The molecule has 1 saturated carbocycles. The van der Waals surface area contributed by atoms with Crippen LogP contribution in [0.15, 0.2) is 6.20 Å². The third-order valence-corrected chi connectivity index (χ3v) is 8.31. The summed E-state index contributed by atoms with van der Waals surface area (Å²) >= 11 is 0. The van der Waals surface area contributed by atoms with Crippen molar-refractivity contribution in [1.82, 2.24) is 20.0 Å². The molecular weight excluding hydrogens is 484 g/mol.